The van der Waals surface area contributed by atoms with Gasteiger partial charge in [-0.2, -0.15) is 0 Å². The molecule has 3 heteroatoms. The Morgan fingerprint density at radius 2 is 1.75 bits per heavy atom. The number of anilines is 1. The second-order valence-corrected chi connectivity index (χ2v) is 6.14. The summed E-state index contributed by atoms with van der Waals surface area (Å²) in [6.07, 6.45) is 6.63. The Hall–Kier alpha value is -1.06. The number of hydrogen-bond donors (Lipinski definition) is 1. The summed E-state index contributed by atoms with van der Waals surface area (Å²) in [4.78, 5) is 4.91. The van der Waals surface area contributed by atoms with Gasteiger partial charge in [0.15, 0.2) is 0 Å². The van der Waals surface area contributed by atoms with E-state index >= 15 is 0 Å². The summed E-state index contributed by atoms with van der Waals surface area (Å²) in [6, 6.07) is 9.77. The summed E-state index contributed by atoms with van der Waals surface area (Å²) in [5.41, 5.74) is 2.74. The highest BCUT2D eigenvalue weighted by Crippen LogP contribution is 2.28. The van der Waals surface area contributed by atoms with E-state index in [0.29, 0.717) is 6.04 Å². The van der Waals surface area contributed by atoms with E-state index in [9.17, 15) is 0 Å². The fraction of sp³-hybridized carbons (Fsp3) is 0.647. The number of aliphatic hydroxyl groups is 1. The first-order valence-electron chi connectivity index (χ1n) is 8.05. The standard InChI is InChI=1S/C17H26N2O/c20-13-12-19(17-8-9-17)14-15-4-6-16(7-5-15)18-10-2-1-3-11-18/h4-7,17,20H,1-3,8-14H2. The van der Waals surface area contributed by atoms with Crippen LogP contribution >= 0.6 is 0 Å². The summed E-state index contributed by atoms with van der Waals surface area (Å²) in [5, 5.41) is 9.16. The van der Waals surface area contributed by atoms with Gasteiger partial charge in [0.25, 0.3) is 0 Å². The fourth-order valence-corrected chi connectivity index (χ4v) is 3.16. The molecule has 20 heavy (non-hydrogen) atoms. The van der Waals surface area contributed by atoms with Gasteiger partial charge < -0.3 is 10.0 Å². The van der Waals surface area contributed by atoms with E-state index in [1.54, 1.807) is 0 Å². The molecule has 0 radical (unpaired) electrons. The van der Waals surface area contributed by atoms with Crippen molar-refractivity contribution in [1.82, 2.24) is 4.90 Å². The van der Waals surface area contributed by atoms with Gasteiger partial charge in [-0.1, -0.05) is 12.1 Å². The molecule has 1 heterocycles. The minimum Gasteiger partial charge on any atom is -0.395 e. The normalized spacial score (nSPS) is 19.6. The molecule has 1 aromatic rings. The predicted octanol–water partition coefficient (Wildman–Crippen LogP) is 2.63. The van der Waals surface area contributed by atoms with Crippen molar-refractivity contribution in [2.24, 2.45) is 0 Å². The van der Waals surface area contributed by atoms with E-state index in [1.807, 2.05) is 0 Å². The Kier molecular flexibility index (Phi) is 4.58. The van der Waals surface area contributed by atoms with Crippen molar-refractivity contribution < 1.29 is 5.11 Å². The van der Waals surface area contributed by atoms with Gasteiger partial charge >= 0.3 is 0 Å². The van der Waals surface area contributed by atoms with Crippen LogP contribution in [0.5, 0.6) is 0 Å². The first-order valence-corrected chi connectivity index (χ1v) is 8.05. The van der Waals surface area contributed by atoms with Crippen molar-refractivity contribution in [1.29, 1.82) is 0 Å². The predicted molar refractivity (Wildman–Crippen MR) is 83.0 cm³/mol. The number of benzene rings is 1. The van der Waals surface area contributed by atoms with E-state index in [-0.39, 0.29) is 6.61 Å². The Morgan fingerprint density at radius 3 is 2.35 bits per heavy atom. The summed E-state index contributed by atoms with van der Waals surface area (Å²) >= 11 is 0. The van der Waals surface area contributed by atoms with Crippen LogP contribution in [-0.4, -0.2) is 42.3 Å². The third-order valence-electron chi connectivity index (χ3n) is 4.49. The molecule has 2 aliphatic rings. The van der Waals surface area contributed by atoms with Crippen LogP contribution in [0.2, 0.25) is 0 Å². The zero-order valence-electron chi connectivity index (χ0n) is 12.3. The molecule has 1 saturated carbocycles. The molecule has 0 bridgehead atoms. The first kappa shape index (κ1) is 13.9. The molecule has 0 unspecified atom stereocenters. The monoisotopic (exact) mass is 274 g/mol. The first-order chi connectivity index (χ1) is 9.86. The number of aliphatic hydroxyl groups excluding tert-OH is 1. The van der Waals surface area contributed by atoms with Gasteiger partial charge in [0.2, 0.25) is 0 Å². The zero-order valence-corrected chi connectivity index (χ0v) is 12.3. The van der Waals surface area contributed by atoms with Crippen molar-refractivity contribution in [3.63, 3.8) is 0 Å². The molecule has 0 atom stereocenters. The highest BCUT2D eigenvalue weighted by atomic mass is 16.3. The van der Waals surface area contributed by atoms with E-state index in [4.69, 9.17) is 5.11 Å². The summed E-state index contributed by atoms with van der Waals surface area (Å²) < 4.78 is 0. The maximum atomic E-state index is 9.16. The van der Waals surface area contributed by atoms with Crippen molar-refractivity contribution in [2.45, 2.75) is 44.7 Å². The van der Waals surface area contributed by atoms with Crippen LogP contribution < -0.4 is 4.90 Å². The van der Waals surface area contributed by atoms with Gasteiger partial charge in [0.1, 0.15) is 0 Å². The highest BCUT2D eigenvalue weighted by Gasteiger charge is 2.28. The summed E-state index contributed by atoms with van der Waals surface area (Å²) in [6.45, 7) is 4.46. The van der Waals surface area contributed by atoms with E-state index in [1.165, 1.54) is 56.4 Å². The van der Waals surface area contributed by atoms with E-state index in [2.05, 4.69) is 34.1 Å². The lowest BCUT2D eigenvalue weighted by Crippen LogP contribution is -2.30. The lowest BCUT2D eigenvalue weighted by atomic mass is 10.1. The molecule has 2 fully saturated rings. The van der Waals surface area contributed by atoms with Gasteiger partial charge in [-0.3, -0.25) is 4.90 Å². The molecule has 3 rings (SSSR count). The van der Waals surface area contributed by atoms with Crippen molar-refractivity contribution in [3.05, 3.63) is 29.8 Å². The Labute approximate surface area is 122 Å². The van der Waals surface area contributed by atoms with Crippen molar-refractivity contribution >= 4 is 5.69 Å². The van der Waals surface area contributed by atoms with Crippen LogP contribution in [0.3, 0.4) is 0 Å². The topological polar surface area (TPSA) is 26.7 Å². The zero-order chi connectivity index (χ0) is 13.8. The minimum absolute atomic E-state index is 0.266. The number of hydrogen-bond acceptors (Lipinski definition) is 3. The van der Waals surface area contributed by atoms with Crippen LogP contribution in [0.1, 0.15) is 37.7 Å². The van der Waals surface area contributed by atoms with Crippen molar-refractivity contribution in [2.75, 3.05) is 31.1 Å². The van der Waals surface area contributed by atoms with Crippen LogP contribution in [0, 0.1) is 0 Å². The van der Waals surface area contributed by atoms with Gasteiger partial charge in [-0.15, -0.1) is 0 Å². The molecule has 3 nitrogen and oxygen atoms in total. The fourth-order valence-electron chi connectivity index (χ4n) is 3.16. The molecule has 1 aliphatic heterocycles. The quantitative estimate of drug-likeness (QED) is 0.864. The smallest absolute Gasteiger partial charge is 0.0558 e. The second kappa shape index (κ2) is 6.59. The molecular weight excluding hydrogens is 248 g/mol. The largest absolute Gasteiger partial charge is 0.395 e. The maximum absolute atomic E-state index is 9.16. The van der Waals surface area contributed by atoms with E-state index in [0.717, 1.165) is 13.1 Å². The van der Waals surface area contributed by atoms with Gasteiger partial charge in [0, 0.05) is 37.9 Å². The second-order valence-electron chi connectivity index (χ2n) is 6.14. The lowest BCUT2D eigenvalue weighted by Gasteiger charge is -2.29. The Morgan fingerprint density at radius 1 is 1.05 bits per heavy atom. The molecule has 1 aliphatic carbocycles. The average molecular weight is 274 g/mol. The molecule has 0 aromatic heterocycles. The van der Waals surface area contributed by atoms with E-state index < -0.39 is 0 Å². The molecule has 1 aromatic carbocycles. The summed E-state index contributed by atoms with van der Waals surface area (Å²) in [5.74, 6) is 0. The van der Waals surface area contributed by atoms with Crippen LogP contribution in [0.25, 0.3) is 0 Å². The Balaban J connectivity index is 1.60. The number of nitrogens with zero attached hydrogens (tertiary/aromatic N) is 2. The molecular formula is C17H26N2O. The molecule has 1 saturated heterocycles. The van der Waals surface area contributed by atoms with Crippen molar-refractivity contribution in [3.8, 4) is 0 Å². The minimum atomic E-state index is 0.266. The highest BCUT2D eigenvalue weighted by molar-refractivity contribution is 5.47. The number of piperidine rings is 1. The maximum Gasteiger partial charge on any atom is 0.0558 e. The molecule has 0 amide bonds. The summed E-state index contributed by atoms with van der Waals surface area (Å²) in [7, 11) is 0. The van der Waals surface area contributed by atoms with Gasteiger partial charge in [0.05, 0.1) is 6.61 Å². The van der Waals surface area contributed by atoms with Crippen LogP contribution in [-0.2, 0) is 6.54 Å². The molecule has 1 N–H and O–H groups in total. The third-order valence-corrected chi connectivity index (χ3v) is 4.49. The Bertz CT molecular complexity index is 408. The van der Waals surface area contributed by atoms with Crippen LogP contribution in [0.15, 0.2) is 24.3 Å². The van der Waals surface area contributed by atoms with Crippen LogP contribution in [0.4, 0.5) is 5.69 Å². The SMILES string of the molecule is OCCN(Cc1ccc(N2CCCCC2)cc1)C1CC1. The van der Waals surface area contributed by atoms with Gasteiger partial charge in [-0.25, -0.2) is 0 Å². The van der Waals surface area contributed by atoms with Gasteiger partial charge in [-0.05, 0) is 49.8 Å². The molecule has 0 spiro atoms. The molecule has 110 valence electrons. The lowest BCUT2D eigenvalue weighted by molar-refractivity contribution is 0.183. The average Bonchev–Trinajstić information content (AvgIpc) is 3.33. The number of rotatable bonds is 6. The third kappa shape index (κ3) is 3.53.